The van der Waals surface area contributed by atoms with E-state index >= 15 is 0 Å². The van der Waals surface area contributed by atoms with Crippen molar-refractivity contribution in [2.45, 2.75) is 44.7 Å². The molecule has 2 aliphatic rings. The summed E-state index contributed by atoms with van der Waals surface area (Å²) in [6.07, 6.45) is 8.33. The van der Waals surface area contributed by atoms with E-state index in [1.54, 1.807) is 11.6 Å². The van der Waals surface area contributed by atoms with E-state index < -0.39 is 5.91 Å². The Morgan fingerprint density at radius 1 is 1.24 bits per heavy atom. The SMILES string of the molecule is CC(c1ccc(C=CC(=O)NO)cc1)N1CCC[C@H]1CN1CCCC1. The lowest BCUT2D eigenvalue weighted by atomic mass is 10.0. The van der Waals surface area contributed by atoms with Crippen LogP contribution in [0.15, 0.2) is 30.3 Å². The van der Waals surface area contributed by atoms with E-state index in [-0.39, 0.29) is 0 Å². The van der Waals surface area contributed by atoms with E-state index in [0.717, 1.165) is 5.56 Å². The monoisotopic (exact) mass is 343 g/mol. The summed E-state index contributed by atoms with van der Waals surface area (Å²) in [5, 5.41) is 8.52. The highest BCUT2D eigenvalue weighted by atomic mass is 16.5. The minimum atomic E-state index is -0.515. The lowest BCUT2D eigenvalue weighted by Crippen LogP contribution is -2.40. The molecule has 1 aromatic carbocycles. The Morgan fingerprint density at radius 3 is 2.64 bits per heavy atom. The van der Waals surface area contributed by atoms with Gasteiger partial charge in [-0.1, -0.05) is 24.3 Å². The number of hydrogen-bond acceptors (Lipinski definition) is 4. The molecule has 1 unspecified atom stereocenters. The number of hydroxylamine groups is 1. The maximum absolute atomic E-state index is 11.1. The molecule has 0 radical (unpaired) electrons. The van der Waals surface area contributed by atoms with Crippen molar-refractivity contribution in [3.05, 3.63) is 41.5 Å². The summed E-state index contributed by atoms with van der Waals surface area (Å²) in [6, 6.07) is 9.42. The number of rotatable bonds is 6. The van der Waals surface area contributed by atoms with E-state index in [4.69, 9.17) is 5.21 Å². The Kier molecular flexibility index (Phi) is 6.24. The average molecular weight is 343 g/mol. The zero-order chi connectivity index (χ0) is 17.6. The fraction of sp³-hybridized carbons (Fsp3) is 0.550. The minimum absolute atomic E-state index is 0.411. The van der Waals surface area contributed by atoms with Crippen molar-refractivity contribution < 1.29 is 10.0 Å². The van der Waals surface area contributed by atoms with Crippen LogP contribution in [0.1, 0.15) is 49.8 Å². The first-order chi connectivity index (χ1) is 12.2. The summed E-state index contributed by atoms with van der Waals surface area (Å²) in [5.41, 5.74) is 3.87. The largest absolute Gasteiger partial charge is 0.302 e. The fourth-order valence-electron chi connectivity index (χ4n) is 4.11. The molecule has 0 aliphatic carbocycles. The first-order valence-electron chi connectivity index (χ1n) is 9.37. The van der Waals surface area contributed by atoms with E-state index in [0.29, 0.717) is 12.1 Å². The highest BCUT2D eigenvalue weighted by molar-refractivity contribution is 5.90. The standard InChI is InChI=1S/C20H29N3O2/c1-16(18-9-6-17(7-10-18)8-11-20(24)21-25)23-14-4-5-19(23)15-22-12-2-3-13-22/h6-11,16,19,25H,2-5,12-15H2,1H3,(H,21,24)/t16?,19-/m0/s1. The van der Waals surface area contributed by atoms with Gasteiger partial charge in [0.1, 0.15) is 0 Å². The summed E-state index contributed by atoms with van der Waals surface area (Å²) in [7, 11) is 0. The van der Waals surface area contributed by atoms with Gasteiger partial charge in [0.25, 0.3) is 5.91 Å². The molecular formula is C20H29N3O2. The van der Waals surface area contributed by atoms with Crippen molar-refractivity contribution in [3.8, 4) is 0 Å². The van der Waals surface area contributed by atoms with Gasteiger partial charge in [0, 0.05) is 24.7 Å². The zero-order valence-electron chi connectivity index (χ0n) is 15.0. The number of nitrogens with zero attached hydrogens (tertiary/aromatic N) is 2. The summed E-state index contributed by atoms with van der Waals surface area (Å²) in [4.78, 5) is 16.3. The van der Waals surface area contributed by atoms with Crippen LogP contribution in [0.4, 0.5) is 0 Å². The van der Waals surface area contributed by atoms with Crippen molar-refractivity contribution >= 4 is 12.0 Å². The molecule has 0 spiro atoms. The highest BCUT2D eigenvalue weighted by Crippen LogP contribution is 2.30. The fourth-order valence-corrected chi connectivity index (χ4v) is 4.11. The van der Waals surface area contributed by atoms with Crippen molar-refractivity contribution in [1.82, 2.24) is 15.3 Å². The Hall–Kier alpha value is -1.69. The first kappa shape index (κ1) is 18.1. The molecule has 2 fully saturated rings. The van der Waals surface area contributed by atoms with Gasteiger partial charge in [-0.2, -0.15) is 0 Å². The molecule has 1 amide bonds. The van der Waals surface area contributed by atoms with Gasteiger partial charge >= 0.3 is 0 Å². The molecule has 2 atom stereocenters. The predicted molar refractivity (Wildman–Crippen MR) is 99.2 cm³/mol. The van der Waals surface area contributed by atoms with Gasteiger partial charge < -0.3 is 4.90 Å². The molecule has 0 bridgehead atoms. The molecule has 2 N–H and O–H groups in total. The first-order valence-corrected chi connectivity index (χ1v) is 9.37. The van der Waals surface area contributed by atoms with Gasteiger partial charge in [0.05, 0.1) is 0 Å². The molecule has 25 heavy (non-hydrogen) atoms. The Labute approximate surface area is 150 Å². The molecule has 1 aromatic rings. The lowest BCUT2D eigenvalue weighted by molar-refractivity contribution is -0.124. The van der Waals surface area contributed by atoms with Crippen LogP contribution in [-0.4, -0.2) is 53.1 Å². The maximum Gasteiger partial charge on any atom is 0.267 e. The predicted octanol–water partition coefficient (Wildman–Crippen LogP) is 2.83. The van der Waals surface area contributed by atoms with Crippen molar-refractivity contribution in [1.29, 1.82) is 0 Å². The van der Waals surface area contributed by atoms with Gasteiger partial charge in [-0.15, -0.1) is 0 Å². The van der Waals surface area contributed by atoms with Gasteiger partial charge in [-0.05, 0) is 69.4 Å². The maximum atomic E-state index is 11.1. The number of benzene rings is 1. The van der Waals surface area contributed by atoms with Crippen LogP contribution in [0.25, 0.3) is 6.08 Å². The van der Waals surface area contributed by atoms with Gasteiger partial charge in [0.2, 0.25) is 0 Å². The molecule has 136 valence electrons. The number of carbonyl (C=O) groups excluding carboxylic acids is 1. The molecule has 0 saturated carbocycles. The van der Waals surface area contributed by atoms with E-state index in [2.05, 4.69) is 28.9 Å². The second kappa shape index (κ2) is 8.61. The second-order valence-corrected chi connectivity index (χ2v) is 7.19. The Morgan fingerprint density at radius 2 is 1.96 bits per heavy atom. The average Bonchev–Trinajstić information content (AvgIpc) is 3.32. The molecule has 0 aromatic heterocycles. The van der Waals surface area contributed by atoms with Crippen LogP contribution in [0, 0.1) is 0 Å². The Balaban J connectivity index is 1.62. The van der Waals surface area contributed by atoms with E-state index in [9.17, 15) is 4.79 Å². The summed E-state index contributed by atoms with van der Waals surface area (Å²) >= 11 is 0. The molecule has 5 heteroatoms. The van der Waals surface area contributed by atoms with Crippen LogP contribution >= 0.6 is 0 Å². The smallest absolute Gasteiger partial charge is 0.267 e. The third-order valence-electron chi connectivity index (χ3n) is 5.54. The summed E-state index contributed by atoms with van der Waals surface area (Å²) in [6.45, 7) is 7.22. The molecule has 3 rings (SSSR count). The van der Waals surface area contributed by atoms with Gasteiger partial charge in [-0.25, -0.2) is 5.48 Å². The van der Waals surface area contributed by atoms with Crippen LogP contribution in [-0.2, 0) is 4.79 Å². The van der Waals surface area contributed by atoms with Crippen molar-refractivity contribution in [3.63, 3.8) is 0 Å². The van der Waals surface area contributed by atoms with Crippen LogP contribution in [0.5, 0.6) is 0 Å². The molecular weight excluding hydrogens is 314 g/mol. The van der Waals surface area contributed by atoms with Gasteiger partial charge in [-0.3, -0.25) is 14.9 Å². The quantitative estimate of drug-likeness (QED) is 0.474. The highest BCUT2D eigenvalue weighted by Gasteiger charge is 2.31. The lowest BCUT2D eigenvalue weighted by Gasteiger charge is -2.33. The number of carbonyl (C=O) groups is 1. The topological polar surface area (TPSA) is 55.8 Å². The molecule has 5 nitrogen and oxygen atoms in total. The Bertz CT molecular complexity index is 593. The third kappa shape index (κ3) is 4.69. The van der Waals surface area contributed by atoms with E-state index in [1.807, 2.05) is 12.1 Å². The van der Waals surface area contributed by atoms with Crippen LogP contribution in [0.2, 0.25) is 0 Å². The van der Waals surface area contributed by atoms with E-state index in [1.165, 1.54) is 63.5 Å². The summed E-state index contributed by atoms with van der Waals surface area (Å²) in [5.74, 6) is -0.515. The van der Waals surface area contributed by atoms with Crippen LogP contribution in [0.3, 0.4) is 0 Å². The minimum Gasteiger partial charge on any atom is -0.302 e. The van der Waals surface area contributed by atoms with Crippen molar-refractivity contribution in [2.75, 3.05) is 26.2 Å². The van der Waals surface area contributed by atoms with Crippen LogP contribution < -0.4 is 5.48 Å². The zero-order valence-corrected chi connectivity index (χ0v) is 15.0. The molecule has 2 heterocycles. The number of nitrogens with one attached hydrogen (secondary N) is 1. The molecule has 2 aliphatic heterocycles. The van der Waals surface area contributed by atoms with Crippen molar-refractivity contribution in [2.24, 2.45) is 0 Å². The second-order valence-electron chi connectivity index (χ2n) is 7.19. The number of hydrogen-bond donors (Lipinski definition) is 2. The number of likely N-dealkylation sites (tertiary alicyclic amines) is 2. The third-order valence-corrected chi connectivity index (χ3v) is 5.54. The normalized spacial score (nSPS) is 23.4. The summed E-state index contributed by atoms with van der Waals surface area (Å²) < 4.78 is 0. The number of amides is 1. The van der Waals surface area contributed by atoms with Gasteiger partial charge in [0.15, 0.2) is 0 Å². The molecule has 2 saturated heterocycles.